The molecule has 1 amide bonds. The van der Waals surface area contributed by atoms with E-state index in [1.54, 1.807) is 4.90 Å². The summed E-state index contributed by atoms with van der Waals surface area (Å²) in [7, 11) is 1.81. The third-order valence-corrected chi connectivity index (χ3v) is 2.96. The molecule has 0 bridgehead atoms. The first-order valence-corrected chi connectivity index (χ1v) is 5.85. The van der Waals surface area contributed by atoms with E-state index in [1.807, 2.05) is 20.9 Å². The summed E-state index contributed by atoms with van der Waals surface area (Å²) in [6.45, 7) is 6.61. The third kappa shape index (κ3) is 5.11. The van der Waals surface area contributed by atoms with Gasteiger partial charge in [0, 0.05) is 25.4 Å². The zero-order valence-corrected chi connectivity index (χ0v) is 10.9. The lowest BCUT2D eigenvalue weighted by Crippen LogP contribution is -2.38. The lowest BCUT2D eigenvalue weighted by atomic mass is 10.0. The van der Waals surface area contributed by atoms with Gasteiger partial charge >= 0.3 is 0 Å². The minimum absolute atomic E-state index is 0.0859. The topological polar surface area (TPSA) is 46.3 Å². The van der Waals surface area contributed by atoms with Crippen molar-refractivity contribution in [3.05, 3.63) is 0 Å². The van der Waals surface area contributed by atoms with Crippen LogP contribution in [0.5, 0.6) is 0 Å². The van der Waals surface area contributed by atoms with Crippen molar-refractivity contribution in [1.82, 2.24) is 4.90 Å². The molecule has 2 N–H and O–H groups in total. The summed E-state index contributed by atoms with van der Waals surface area (Å²) in [5, 5.41) is 0. The van der Waals surface area contributed by atoms with Crippen LogP contribution in [-0.4, -0.2) is 29.4 Å². The lowest BCUT2D eigenvalue weighted by Gasteiger charge is -2.24. The highest BCUT2D eigenvalue weighted by Gasteiger charge is 2.18. The molecule has 0 aliphatic heterocycles. The van der Waals surface area contributed by atoms with Crippen molar-refractivity contribution in [1.29, 1.82) is 0 Å². The molecule has 2 atom stereocenters. The van der Waals surface area contributed by atoms with Crippen LogP contribution in [0.25, 0.3) is 0 Å². The molecule has 2 unspecified atom stereocenters. The quantitative estimate of drug-likeness (QED) is 0.708. The normalized spacial score (nSPS) is 14.4. The Labute approximate surface area is 98.0 Å². The molecule has 0 aliphatic rings. The molecule has 0 aromatic heterocycles. The Hall–Kier alpha value is -0.640. The summed E-state index contributed by atoms with van der Waals surface area (Å²) in [6.07, 6.45) is 1.97. The maximum atomic E-state index is 11.8. The van der Waals surface area contributed by atoms with Crippen molar-refractivity contribution in [3.8, 4) is 0 Å². The van der Waals surface area contributed by atoms with Crippen molar-refractivity contribution in [3.63, 3.8) is 0 Å². The number of rotatable bonds is 6. The summed E-state index contributed by atoms with van der Waals surface area (Å²) in [6, 6.07) is 0. The van der Waals surface area contributed by atoms with Crippen LogP contribution in [0, 0.1) is 11.8 Å². The van der Waals surface area contributed by atoms with Crippen LogP contribution in [0.1, 0.15) is 33.6 Å². The van der Waals surface area contributed by atoms with E-state index < -0.39 is 0 Å². The Morgan fingerprint density at radius 1 is 1.40 bits per heavy atom. The molecule has 15 heavy (non-hydrogen) atoms. The SMILES string of the molecule is CCCC(C)C(=O)N(C)CC(C)C(N)=S. The molecule has 0 saturated carbocycles. The first kappa shape index (κ1) is 14.4. The number of nitrogens with zero attached hydrogens (tertiary/aromatic N) is 1. The van der Waals surface area contributed by atoms with E-state index in [1.165, 1.54) is 0 Å². The molecule has 0 fully saturated rings. The van der Waals surface area contributed by atoms with Gasteiger partial charge in [0.1, 0.15) is 0 Å². The van der Waals surface area contributed by atoms with E-state index in [2.05, 4.69) is 6.92 Å². The van der Waals surface area contributed by atoms with Gasteiger partial charge in [0.15, 0.2) is 0 Å². The fourth-order valence-electron chi connectivity index (χ4n) is 1.52. The predicted octanol–water partition coefficient (Wildman–Crippen LogP) is 1.80. The van der Waals surface area contributed by atoms with E-state index in [-0.39, 0.29) is 17.7 Å². The largest absolute Gasteiger partial charge is 0.393 e. The van der Waals surface area contributed by atoms with Crippen LogP contribution in [0.4, 0.5) is 0 Å². The zero-order valence-electron chi connectivity index (χ0n) is 10.1. The molecule has 0 saturated heterocycles. The van der Waals surface area contributed by atoms with Crippen LogP contribution in [0.3, 0.4) is 0 Å². The van der Waals surface area contributed by atoms with Crippen LogP contribution < -0.4 is 5.73 Å². The molecule has 0 heterocycles. The van der Waals surface area contributed by atoms with Crippen molar-refractivity contribution in [2.45, 2.75) is 33.6 Å². The average Bonchev–Trinajstić information content (AvgIpc) is 2.16. The summed E-state index contributed by atoms with van der Waals surface area (Å²) in [5.74, 6) is 0.362. The molecule has 4 heteroatoms. The highest BCUT2D eigenvalue weighted by atomic mass is 32.1. The molecule has 0 aliphatic carbocycles. The highest BCUT2D eigenvalue weighted by Crippen LogP contribution is 2.10. The number of hydrogen-bond acceptors (Lipinski definition) is 2. The molecule has 88 valence electrons. The Morgan fingerprint density at radius 2 is 1.93 bits per heavy atom. The summed E-state index contributed by atoms with van der Waals surface area (Å²) in [5.41, 5.74) is 5.51. The Balaban J connectivity index is 4.14. The predicted molar refractivity (Wildman–Crippen MR) is 67.7 cm³/mol. The third-order valence-electron chi connectivity index (χ3n) is 2.55. The summed E-state index contributed by atoms with van der Waals surface area (Å²) < 4.78 is 0. The molecule has 0 spiro atoms. The summed E-state index contributed by atoms with van der Waals surface area (Å²) >= 11 is 4.88. The number of carbonyl (C=O) groups is 1. The smallest absolute Gasteiger partial charge is 0.225 e. The molecular weight excluding hydrogens is 208 g/mol. The Morgan fingerprint density at radius 3 is 2.33 bits per heavy atom. The highest BCUT2D eigenvalue weighted by molar-refractivity contribution is 7.80. The maximum Gasteiger partial charge on any atom is 0.225 e. The fraction of sp³-hybridized carbons (Fsp3) is 0.818. The first-order chi connectivity index (χ1) is 6.90. The standard InChI is InChI=1S/C11H22N2OS/c1-5-6-8(2)11(14)13(4)7-9(3)10(12)15/h8-9H,5-7H2,1-4H3,(H2,12,15). The maximum absolute atomic E-state index is 11.8. The second-order valence-corrected chi connectivity index (χ2v) is 4.68. The summed E-state index contributed by atoms with van der Waals surface area (Å²) in [4.78, 5) is 14.0. The fourth-order valence-corrected chi connectivity index (χ4v) is 1.60. The van der Waals surface area contributed by atoms with Gasteiger partial charge in [0.25, 0.3) is 0 Å². The van der Waals surface area contributed by atoms with Gasteiger partial charge in [-0.15, -0.1) is 0 Å². The van der Waals surface area contributed by atoms with E-state index >= 15 is 0 Å². The van der Waals surface area contributed by atoms with Crippen molar-refractivity contribution in [2.75, 3.05) is 13.6 Å². The van der Waals surface area contributed by atoms with Gasteiger partial charge in [0.05, 0.1) is 4.99 Å². The van der Waals surface area contributed by atoms with Crippen LogP contribution >= 0.6 is 12.2 Å². The second kappa shape index (κ2) is 6.77. The molecule has 3 nitrogen and oxygen atoms in total. The van der Waals surface area contributed by atoms with Crippen LogP contribution in [0.15, 0.2) is 0 Å². The number of hydrogen-bond donors (Lipinski definition) is 1. The van der Waals surface area contributed by atoms with Crippen LogP contribution in [-0.2, 0) is 4.79 Å². The van der Waals surface area contributed by atoms with Gasteiger partial charge < -0.3 is 10.6 Å². The van der Waals surface area contributed by atoms with Gasteiger partial charge in [-0.1, -0.05) is 39.4 Å². The van der Waals surface area contributed by atoms with E-state index in [9.17, 15) is 4.79 Å². The Kier molecular flexibility index (Phi) is 6.48. The molecular formula is C11H22N2OS. The molecule has 0 radical (unpaired) electrons. The van der Waals surface area contributed by atoms with Gasteiger partial charge in [-0.05, 0) is 6.42 Å². The first-order valence-electron chi connectivity index (χ1n) is 5.44. The van der Waals surface area contributed by atoms with Crippen molar-refractivity contribution >= 4 is 23.1 Å². The van der Waals surface area contributed by atoms with E-state index in [4.69, 9.17) is 18.0 Å². The minimum Gasteiger partial charge on any atom is -0.393 e. The lowest BCUT2D eigenvalue weighted by molar-refractivity contribution is -0.134. The molecule has 0 aromatic carbocycles. The van der Waals surface area contributed by atoms with E-state index in [0.717, 1.165) is 12.8 Å². The van der Waals surface area contributed by atoms with Gasteiger partial charge in [-0.25, -0.2) is 0 Å². The minimum atomic E-state index is 0.0859. The molecule has 0 aromatic rings. The monoisotopic (exact) mass is 230 g/mol. The number of carbonyl (C=O) groups excluding carboxylic acids is 1. The number of nitrogens with two attached hydrogens (primary N) is 1. The number of amides is 1. The van der Waals surface area contributed by atoms with Crippen molar-refractivity contribution < 1.29 is 4.79 Å². The Bertz CT molecular complexity index is 231. The van der Waals surface area contributed by atoms with Crippen LogP contribution in [0.2, 0.25) is 0 Å². The second-order valence-electron chi connectivity index (χ2n) is 4.21. The van der Waals surface area contributed by atoms with E-state index in [0.29, 0.717) is 11.5 Å². The van der Waals surface area contributed by atoms with Gasteiger partial charge in [-0.2, -0.15) is 0 Å². The van der Waals surface area contributed by atoms with Gasteiger partial charge in [0.2, 0.25) is 5.91 Å². The average molecular weight is 230 g/mol. The van der Waals surface area contributed by atoms with Gasteiger partial charge in [-0.3, -0.25) is 4.79 Å². The molecule has 0 rings (SSSR count). The zero-order chi connectivity index (χ0) is 12.0. The number of thiocarbonyl (C=S) groups is 1. The van der Waals surface area contributed by atoms with Crippen molar-refractivity contribution in [2.24, 2.45) is 17.6 Å².